The maximum Gasteiger partial charge on any atom is 0.0992 e. The van der Waals surface area contributed by atoms with Crippen LogP contribution in [-0.2, 0) is 0 Å². The van der Waals surface area contributed by atoms with E-state index < -0.39 is 0 Å². The molecule has 6 N–H and O–H groups in total. The van der Waals surface area contributed by atoms with Crippen molar-refractivity contribution in [2.45, 2.75) is 0 Å². The highest BCUT2D eigenvalue weighted by Gasteiger charge is 2.11. The lowest BCUT2D eigenvalue weighted by Crippen LogP contribution is -1.93. The van der Waals surface area contributed by atoms with Crippen LogP contribution < -0.4 is 17.2 Å². The summed E-state index contributed by atoms with van der Waals surface area (Å²) in [5.41, 5.74) is 20.6. The van der Waals surface area contributed by atoms with Crippen LogP contribution in [-0.4, -0.2) is 0 Å². The van der Waals surface area contributed by atoms with Crippen LogP contribution in [0.3, 0.4) is 0 Å². The maximum absolute atomic E-state index is 8.98. The van der Waals surface area contributed by atoms with E-state index in [9.17, 15) is 0 Å². The third kappa shape index (κ3) is 1.53. The molecular formula is C15H12N4. The Bertz CT molecular complexity index is 860. The van der Waals surface area contributed by atoms with Crippen LogP contribution in [0.2, 0.25) is 0 Å². The second kappa shape index (κ2) is 3.79. The summed E-state index contributed by atoms with van der Waals surface area (Å²) in [5, 5.41) is 12.3. The van der Waals surface area contributed by atoms with Crippen molar-refractivity contribution < 1.29 is 0 Å². The van der Waals surface area contributed by atoms with Gasteiger partial charge in [0, 0.05) is 33.2 Å². The van der Waals surface area contributed by atoms with E-state index >= 15 is 0 Å². The summed E-state index contributed by atoms with van der Waals surface area (Å²) in [6, 6.07) is 13.0. The third-order valence-electron chi connectivity index (χ3n) is 3.33. The number of rotatable bonds is 0. The quantitative estimate of drug-likeness (QED) is 0.532. The molecule has 0 spiro atoms. The molecule has 3 rings (SSSR count). The molecule has 4 nitrogen and oxygen atoms in total. The molecule has 0 aliphatic carbocycles. The number of hydrogen-bond acceptors (Lipinski definition) is 4. The minimum Gasteiger partial charge on any atom is -0.398 e. The van der Waals surface area contributed by atoms with E-state index in [0.29, 0.717) is 22.6 Å². The van der Waals surface area contributed by atoms with Gasteiger partial charge >= 0.3 is 0 Å². The molecule has 3 aromatic carbocycles. The van der Waals surface area contributed by atoms with Crippen molar-refractivity contribution in [2.24, 2.45) is 0 Å². The summed E-state index contributed by atoms with van der Waals surface area (Å²) in [4.78, 5) is 0. The summed E-state index contributed by atoms with van der Waals surface area (Å²) < 4.78 is 0. The zero-order chi connectivity index (χ0) is 13.6. The minimum atomic E-state index is 0.564. The molecule has 0 unspecified atom stereocenters. The minimum absolute atomic E-state index is 0.564. The van der Waals surface area contributed by atoms with Crippen LogP contribution in [0.4, 0.5) is 17.1 Å². The van der Waals surface area contributed by atoms with Crippen molar-refractivity contribution in [1.82, 2.24) is 0 Å². The van der Waals surface area contributed by atoms with Crippen LogP contribution in [0.5, 0.6) is 0 Å². The van der Waals surface area contributed by atoms with Crippen molar-refractivity contribution in [3.05, 3.63) is 42.0 Å². The van der Waals surface area contributed by atoms with Crippen LogP contribution in [0.1, 0.15) is 5.56 Å². The van der Waals surface area contributed by atoms with Gasteiger partial charge in [0.25, 0.3) is 0 Å². The number of benzene rings is 1. The molecule has 0 heterocycles. The predicted molar refractivity (Wildman–Crippen MR) is 79.4 cm³/mol. The van der Waals surface area contributed by atoms with Crippen molar-refractivity contribution >= 4 is 38.6 Å². The fourth-order valence-electron chi connectivity index (χ4n) is 2.42. The Labute approximate surface area is 110 Å². The second-order valence-corrected chi connectivity index (χ2v) is 4.51. The average molecular weight is 248 g/mol. The number of nitriles is 1. The molecular weight excluding hydrogens is 236 g/mol. The third-order valence-corrected chi connectivity index (χ3v) is 3.33. The van der Waals surface area contributed by atoms with Gasteiger partial charge in [-0.1, -0.05) is 6.07 Å². The van der Waals surface area contributed by atoms with Gasteiger partial charge in [0.05, 0.1) is 11.6 Å². The van der Waals surface area contributed by atoms with E-state index in [1.807, 2.05) is 6.07 Å². The lowest BCUT2D eigenvalue weighted by molar-refractivity contribution is 1.51. The standard InChI is InChI=1S/C15H12N4/c16-7-8-4-9-6-11-12(17)2-1-3-13(18)14(11)15(19)10(9)5-8/h1-6H,17-19H2. The number of nitrogen functional groups attached to an aromatic ring is 3. The summed E-state index contributed by atoms with van der Waals surface area (Å²) in [5.74, 6) is 0. The Hall–Kier alpha value is -2.93. The molecule has 92 valence electrons. The first kappa shape index (κ1) is 11.2. The normalized spacial score (nSPS) is 10.7. The van der Waals surface area contributed by atoms with Gasteiger partial charge in [-0.2, -0.15) is 5.26 Å². The number of nitrogens with two attached hydrogens (primary N) is 3. The molecule has 4 heteroatoms. The van der Waals surface area contributed by atoms with E-state index in [1.54, 1.807) is 30.3 Å². The van der Waals surface area contributed by atoms with Crippen molar-refractivity contribution in [2.75, 3.05) is 17.2 Å². The largest absolute Gasteiger partial charge is 0.398 e. The first-order valence-corrected chi connectivity index (χ1v) is 5.82. The van der Waals surface area contributed by atoms with Gasteiger partial charge in [0.15, 0.2) is 0 Å². The predicted octanol–water partition coefficient (Wildman–Crippen LogP) is 2.61. The van der Waals surface area contributed by atoms with Crippen molar-refractivity contribution in [3.63, 3.8) is 0 Å². The van der Waals surface area contributed by atoms with Gasteiger partial charge in [-0.25, -0.2) is 0 Å². The summed E-state index contributed by atoms with van der Waals surface area (Å²) in [6.45, 7) is 0. The van der Waals surface area contributed by atoms with Crippen molar-refractivity contribution in [3.8, 4) is 6.07 Å². The van der Waals surface area contributed by atoms with E-state index in [0.717, 1.165) is 21.5 Å². The zero-order valence-corrected chi connectivity index (χ0v) is 10.1. The van der Waals surface area contributed by atoms with Crippen LogP contribution in [0, 0.1) is 11.3 Å². The first-order chi connectivity index (χ1) is 9.11. The number of hydrogen-bond donors (Lipinski definition) is 3. The Balaban J connectivity index is 2.62. The van der Waals surface area contributed by atoms with Gasteiger partial charge in [0.1, 0.15) is 0 Å². The van der Waals surface area contributed by atoms with E-state index in [-0.39, 0.29) is 0 Å². The maximum atomic E-state index is 8.98. The van der Waals surface area contributed by atoms with E-state index in [2.05, 4.69) is 6.07 Å². The van der Waals surface area contributed by atoms with Crippen LogP contribution in [0.15, 0.2) is 36.4 Å². The van der Waals surface area contributed by atoms with Gasteiger partial charge in [-0.15, -0.1) is 0 Å². The Morgan fingerprint density at radius 2 is 1.63 bits per heavy atom. The van der Waals surface area contributed by atoms with Gasteiger partial charge in [-0.3, -0.25) is 0 Å². The fraction of sp³-hybridized carbons (Fsp3) is 0. The smallest absolute Gasteiger partial charge is 0.0992 e. The molecule has 0 bridgehead atoms. The van der Waals surface area contributed by atoms with Gasteiger partial charge < -0.3 is 17.2 Å². The highest BCUT2D eigenvalue weighted by Crippen LogP contribution is 2.37. The molecule has 0 radical (unpaired) electrons. The fourth-order valence-corrected chi connectivity index (χ4v) is 2.42. The molecule has 0 atom stereocenters. The molecule has 3 aromatic rings. The summed E-state index contributed by atoms with van der Waals surface area (Å²) >= 11 is 0. The highest BCUT2D eigenvalue weighted by molar-refractivity contribution is 6.17. The molecule has 0 fully saturated rings. The van der Waals surface area contributed by atoms with Crippen LogP contribution in [0.25, 0.3) is 21.5 Å². The number of fused-ring (bicyclic) bond motifs is 2. The molecule has 0 saturated heterocycles. The molecule has 0 aromatic heterocycles. The van der Waals surface area contributed by atoms with Gasteiger partial charge in [0.2, 0.25) is 0 Å². The molecule has 0 aliphatic heterocycles. The molecule has 19 heavy (non-hydrogen) atoms. The SMILES string of the molecule is N#Cc1cc2cc3c(N)cccc(N)c3c(N)c2c1. The lowest BCUT2D eigenvalue weighted by atomic mass is 10.0. The van der Waals surface area contributed by atoms with Gasteiger partial charge in [-0.05, 0) is 35.7 Å². The lowest BCUT2D eigenvalue weighted by Gasteiger charge is -2.06. The molecule has 0 amide bonds. The summed E-state index contributed by atoms with van der Waals surface area (Å²) in [7, 11) is 0. The molecule has 0 aliphatic rings. The van der Waals surface area contributed by atoms with E-state index in [4.69, 9.17) is 22.5 Å². The monoisotopic (exact) mass is 248 g/mol. The zero-order valence-electron chi connectivity index (χ0n) is 10.1. The average Bonchev–Trinajstić information content (AvgIpc) is 2.75. The summed E-state index contributed by atoms with van der Waals surface area (Å²) in [6.07, 6.45) is 0. The number of anilines is 3. The Morgan fingerprint density at radius 3 is 2.37 bits per heavy atom. The Kier molecular flexibility index (Phi) is 2.23. The first-order valence-electron chi connectivity index (χ1n) is 5.82. The second-order valence-electron chi connectivity index (χ2n) is 4.51. The van der Waals surface area contributed by atoms with Crippen molar-refractivity contribution in [1.29, 1.82) is 5.26 Å². The Morgan fingerprint density at radius 1 is 0.895 bits per heavy atom. The topological polar surface area (TPSA) is 102 Å². The van der Waals surface area contributed by atoms with Crippen LogP contribution >= 0.6 is 0 Å². The molecule has 0 saturated carbocycles. The number of nitrogens with zero attached hydrogens (tertiary/aromatic N) is 1. The highest BCUT2D eigenvalue weighted by atomic mass is 14.6. The van der Waals surface area contributed by atoms with E-state index in [1.165, 1.54) is 0 Å².